The average molecular weight is 428 g/mol. The fraction of sp³-hybridized carbons (Fsp3) is 0.364. The minimum atomic E-state index is -3.59. The number of anilines is 1. The molecule has 1 aliphatic heterocycles. The summed E-state index contributed by atoms with van der Waals surface area (Å²) in [5.41, 5.74) is 8.70. The number of amides is 2. The Balaban J connectivity index is 1.61. The first kappa shape index (κ1) is 20.4. The second-order valence-electron chi connectivity index (χ2n) is 8.71. The van der Waals surface area contributed by atoms with E-state index in [1.165, 1.54) is 0 Å². The first-order valence-corrected chi connectivity index (χ1v) is 11.5. The van der Waals surface area contributed by atoms with Gasteiger partial charge in [-0.1, -0.05) is 26.0 Å². The van der Waals surface area contributed by atoms with Crippen molar-refractivity contribution in [2.45, 2.75) is 49.8 Å². The number of benzene rings is 2. The van der Waals surface area contributed by atoms with Crippen molar-refractivity contribution < 1.29 is 18.0 Å². The Kier molecular flexibility index (Phi) is 4.85. The van der Waals surface area contributed by atoms with E-state index in [0.29, 0.717) is 24.0 Å². The van der Waals surface area contributed by atoms with E-state index in [1.54, 1.807) is 30.3 Å². The zero-order valence-electron chi connectivity index (χ0n) is 16.9. The maximum Gasteiger partial charge on any atom is 0.264 e. The molecule has 4 rings (SSSR count). The van der Waals surface area contributed by atoms with Gasteiger partial charge in [0, 0.05) is 16.8 Å². The number of rotatable bonds is 5. The molecule has 1 aliphatic carbocycles. The van der Waals surface area contributed by atoms with Crippen LogP contribution in [0.4, 0.5) is 5.69 Å². The van der Waals surface area contributed by atoms with Gasteiger partial charge in [0.05, 0.1) is 11.3 Å². The predicted octanol–water partition coefficient (Wildman–Crippen LogP) is 2.84. The number of carbonyl (C=O) groups is 2. The van der Waals surface area contributed by atoms with Crippen molar-refractivity contribution in [3.63, 3.8) is 0 Å². The van der Waals surface area contributed by atoms with Gasteiger partial charge in [0.1, 0.15) is 0 Å². The minimum Gasteiger partial charge on any atom is -0.378 e. The maximum atomic E-state index is 12.5. The molecule has 0 spiro atoms. The van der Waals surface area contributed by atoms with Crippen LogP contribution in [0.3, 0.4) is 0 Å². The molecule has 1 fully saturated rings. The molecular weight excluding hydrogens is 402 g/mol. The quantitative estimate of drug-likeness (QED) is 0.678. The molecule has 2 aromatic carbocycles. The van der Waals surface area contributed by atoms with Crippen LogP contribution in [0.1, 0.15) is 71.0 Å². The molecule has 1 atom stereocenters. The van der Waals surface area contributed by atoms with Crippen molar-refractivity contribution in [3.05, 3.63) is 64.7 Å². The van der Waals surface area contributed by atoms with Crippen LogP contribution < -0.4 is 15.8 Å². The van der Waals surface area contributed by atoms with E-state index in [-0.39, 0.29) is 11.5 Å². The van der Waals surface area contributed by atoms with E-state index in [9.17, 15) is 18.0 Å². The van der Waals surface area contributed by atoms with Crippen molar-refractivity contribution in [2.24, 2.45) is 5.73 Å². The van der Waals surface area contributed by atoms with Crippen LogP contribution in [0.5, 0.6) is 0 Å². The Morgan fingerprint density at radius 3 is 2.50 bits per heavy atom. The largest absolute Gasteiger partial charge is 0.378 e. The van der Waals surface area contributed by atoms with Gasteiger partial charge >= 0.3 is 0 Å². The van der Waals surface area contributed by atoms with Gasteiger partial charge in [-0.05, 0) is 66.1 Å². The highest BCUT2D eigenvalue weighted by Crippen LogP contribution is 2.44. The van der Waals surface area contributed by atoms with Crippen LogP contribution >= 0.6 is 0 Å². The zero-order chi connectivity index (χ0) is 21.7. The van der Waals surface area contributed by atoms with Crippen LogP contribution in [0.25, 0.3) is 0 Å². The fourth-order valence-electron chi connectivity index (χ4n) is 3.99. The number of hydrogen-bond donors (Lipinski definition) is 3. The fourth-order valence-corrected chi connectivity index (χ4v) is 5.29. The van der Waals surface area contributed by atoms with Crippen molar-refractivity contribution in [1.29, 1.82) is 0 Å². The predicted molar refractivity (Wildman–Crippen MR) is 115 cm³/mol. The summed E-state index contributed by atoms with van der Waals surface area (Å²) in [6.45, 7) is 4.17. The monoisotopic (exact) mass is 427 g/mol. The van der Waals surface area contributed by atoms with E-state index in [2.05, 4.69) is 23.9 Å². The summed E-state index contributed by atoms with van der Waals surface area (Å²) >= 11 is 0. The number of hydrogen-bond acceptors (Lipinski definition) is 5. The second-order valence-corrected chi connectivity index (χ2v) is 10.7. The van der Waals surface area contributed by atoms with E-state index in [4.69, 9.17) is 5.73 Å². The van der Waals surface area contributed by atoms with Gasteiger partial charge in [0.25, 0.3) is 5.91 Å². The highest BCUT2D eigenvalue weighted by molar-refractivity contribution is 7.91. The van der Waals surface area contributed by atoms with E-state index >= 15 is 0 Å². The minimum absolute atomic E-state index is 0.0262. The molecule has 0 saturated heterocycles. The first-order valence-electron chi connectivity index (χ1n) is 9.94. The van der Waals surface area contributed by atoms with Gasteiger partial charge in [-0.25, -0.2) is 13.1 Å². The Labute approximate surface area is 176 Å². The maximum absolute atomic E-state index is 12.5. The molecule has 1 saturated carbocycles. The Morgan fingerprint density at radius 2 is 1.83 bits per heavy atom. The first-order chi connectivity index (χ1) is 14.1. The van der Waals surface area contributed by atoms with Crippen LogP contribution in [0.15, 0.2) is 42.5 Å². The van der Waals surface area contributed by atoms with Gasteiger partial charge in [-0.2, -0.15) is 0 Å². The van der Waals surface area contributed by atoms with Gasteiger partial charge in [-0.3, -0.25) is 9.59 Å². The lowest BCUT2D eigenvalue weighted by Crippen LogP contribution is -2.34. The molecule has 30 heavy (non-hydrogen) atoms. The smallest absolute Gasteiger partial charge is 0.264 e. The molecule has 2 aromatic rings. The molecule has 1 heterocycles. The Bertz CT molecular complexity index is 1140. The van der Waals surface area contributed by atoms with Gasteiger partial charge in [0.15, 0.2) is 0 Å². The molecular formula is C22H25N3O4S. The summed E-state index contributed by atoms with van der Waals surface area (Å²) in [5.74, 6) is -1.07. The lowest BCUT2D eigenvalue weighted by atomic mass is 9.73. The SMILES string of the molecule is CC1(C)CC(c2cccc(C(N)=O)c2)Nc2ccc(C(=O)NS(=O)(=O)C3CC3)cc21. The molecule has 1 unspecified atom stereocenters. The van der Waals surface area contributed by atoms with E-state index in [1.807, 2.05) is 12.1 Å². The highest BCUT2D eigenvalue weighted by Gasteiger charge is 2.38. The topological polar surface area (TPSA) is 118 Å². The van der Waals surface area contributed by atoms with E-state index < -0.39 is 27.1 Å². The van der Waals surface area contributed by atoms with Crippen LogP contribution in [0.2, 0.25) is 0 Å². The van der Waals surface area contributed by atoms with Gasteiger partial charge in [-0.15, -0.1) is 0 Å². The normalized spacial score (nSPS) is 20.0. The molecule has 8 heteroatoms. The zero-order valence-corrected chi connectivity index (χ0v) is 17.8. The summed E-state index contributed by atoms with van der Waals surface area (Å²) in [6, 6.07) is 12.4. The summed E-state index contributed by atoms with van der Waals surface area (Å²) in [4.78, 5) is 24.1. The lowest BCUT2D eigenvalue weighted by molar-refractivity contribution is 0.0978. The Morgan fingerprint density at radius 1 is 1.10 bits per heavy atom. The number of sulfonamides is 1. The molecule has 7 nitrogen and oxygen atoms in total. The lowest BCUT2D eigenvalue weighted by Gasteiger charge is -2.39. The average Bonchev–Trinajstić information content (AvgIpc) is 3.53. The summed E-state index contributed by atoms with van der Waals surface area (Å²) in [7, 11) is -3.59. The van der Waals surface area contributed by atoms with Crippen molar-refractivity contribution in [3.8, 4) is 0 Å². The molecule has 0 aromatic heterocycles. The summed E-state index contributed by atoms with van der Waals surface area (Å²) in [5, 5.41) is 3.03. The molecule has 4 N–H and O–H groups in total. The standard InChI is InChI=1S/C22H25N3O4S/c1-22(2)12-19(13-4-3-5-14(10-13)20(23)26)24-18-9-6-15(11-17(18)22)21(27)25-30(28,29)16-7-8-16/h3-6,9-11,16,19,24H,7-8,12H2,1-2H3,(H2,23,26)(H,25,27). The molecule has 0 bridgehead atoms. The van der Waals surface area contributed by atoms with Crippen LogP contribution in [-0.4, -0.2) is 25.5 Å². The van der Waals surface area contributed by atoms with Gasteiger partial charge in [0.2, 0.25) is 15.9 Å². The van der Waals surface area contributed by atoms with E-state index in [0.717, 1.165) is 23.2 Å². The second kappa shape index (κ2) is 7.12. The van der Waals surface area contributed by atoms with Crippen molar-refractivity contribution >= 4 is 27.5 Å². The number of fused-ring (bicyclic) bond motifs is 1. The summed E-state index contributed by atoms with van der Waals surface area (Å²) in [6.07, 6.45) is 1.93. The van der Waals surface area contributed by atoms with Crippen molar-refractivity contribution in [2.75, 3.05) is 5.32 Å². The van der Waals surface area contributed by atoms with Crippen LogP contribution in [-0.2, 0) is 15.4 Å². The highest BCUT2D eigenvalue weighted by atomic mass is 32.2. The molecule has 2 aliphatic rings. The summed E-state index contributed by atoms with van der Waals surface area (Å²) < 4.78 is 26.4. The third kappa shape index (κ3) is 3.92. The van der Waals surface area contributed by atoms with Crippen molar-refractivity contribution in [1.82, 2.24) is 4.72 Å². The third-order valence-electron chi connectivity index (χ3n) is 5.83. The number of primary amides is 1. The molecule has 2 amide bonds. The Hall–Kier alpha value is -2.87. The number of nitrogens with one attached hydrogen (secondary N) is 2. The van der Waals surface area contributed by atoms with Gasteiger partial charge < -0.3 is 11.1 Å². The molecule has 0 radical (unpaired) electrons. The van der Waals surface area contributed by atoms with Crippen LogP contribution in [0, 0.1) is 0 Å². The molecule has 158 valence electrons. The number of nitrogens with two attached hydrogens (primary N) is 1. The third-order valence-corrected chi connectivity index (χ3v) is 7.65. The number of carbonyl (C=O) groups excluding carboxylic acids is 2.